The molecule has 0 aromatic heterocycles. The summed E-state index contributed by atoms with van der Waals surface area (Å²) in [5.41, 5.74) is 0.916. The molecule has 22 heavy (non-hydrogen) atoms. The minimum atomic E-state index is -0.745. The molecule has 0 spiro atoms. The summed E-state index contributed by atoms with van der Waals surface area (Å²) < 4.78 is 4.69. The molecular formula is C15H22O7. The largest absolute Gasteiger partial charge is 0.481 e. The van der Waals surface area contributed by atoms with Crippen molar-refractivity contribution in [1.82, 2.24) is 0 Å². The first-order chi connectivity index (χ1) is 10.4. The number of hydrogen-bond acceptors (Lipinski definition) is 5. The van der Waals surface area contributed by atoms with Gasteiger partial charge in [-0.15, -0.1) is 0 Å². The summed E-state index contributed by atoms with van der Waals surface area (Å²) in [4.78, 5) is 29.2. The van der Waals surface area contributed by atoms with Gasteiger partial charge in [-0.05, 0) is 5.56 Å². The van der Waals surface area contributed by atoms with Gasteiger partial charge in [-0.1, -0.05) is 44.2 Å². The van der Waals surface area contributed by atoms with E-state index in [9.17, 15) is 14.4 Å². The lowest BCUT2D eigenvalue weighted by atomic mass is 10.2. The molecule has 0 unspecified atom stereocenters. The number of aliphatic carboxylic acids is 2. The Kier molecular flexibility index (Phi) is 14.9. The van der Waals surface area contributed by atoms with E-state index in [1.807, 2.05) is 30.3 Å². The molecule has 0 aliphatic rings. The predicted octanol–water partition coefficient (Wildman–Crippen LogP) is 1.68. The third kappa shape index (κ3) is 17.6. The smallest absolute Gasteiger partial charge is 0.332 e. The number of benzene rings is 1. The molecule has 7 heteroatoms. The van der Waals surface area contributed by atoms with E-state index < -0.39 is 24.5 Å². The van der Waals surface area contributed by atoms with Crippen molar-refractivity contribution in [3.05, 3.63) is 35.9 Å². The molecule has 0 bridgehead atoms. The van der Waals surface area contributed by atoms with Crippen molar-refractivity contribution in [2.45, 2.75) is 33.3 Å². The van der Waals surface area contributed by atoms with Crippen LogP contribution in [0.1, 0.15) is 32.3 Å². The van der Waals surface area contributed by atoms with E-state index in [4.69, 9.17) is 15.3 Å². The lowest BCUT2D eigenvalue weighted by Gasteiger charge is -2.01. The first-order valence-corrected chi connectivity index (χ1v) is 6.61. The van der Waals surface area contributed by atoms with Gasteiger partial charge in [0.1, 0.15) is 13.2 Å². The Morgan fingerprint density at radius 1 is 0.955 bits per heavy atom. The minimum Gasteiger partial charge on any atom is -0.481 e. The monoisotopic (exact) mass is 314 g/mol. The molecule has 0 fully saturated rings. The van der Waals surface area contributed by atoms with Gasteiger partial charge in [0.2, 0.25) is 0 Å². The van der Waals surface area contributed by atoms with Gasteiger partial charge in [0.05, 0.1) is 0 Å². The summed E-state index contributed by atoms with van der Waals surface area (Å²) in [6.45, 7) is 2.86. The maximum atomic E-state index is 10.5. The van der Waals surface area contributed by atoms with Gasteiger partial charge in [-0.25, -0.2) is 4.79 Å². The number of ether oxygens (including phenoxy) is 1. The highest BCUT2D eigenvalue weighted by Gasteiger charge is 1.98. The van der Waals surface area contributed by atoms with E-state index in [0.29, 0.717) is 0 Å². The molecule has 0 saturated carbocycles. The van der Waals surface area contributed by atoms with Crippen molar-refractivity contribution in [2.75, 3.05) is 6.61 Å². The highest BCUT2D eigenvalue weighted by molar-refractivity contribution is 5.70. The third-order valence-corrected chi connectivity index (χ3v) is 1.98. The van der Waals surface area contributed by atoms with Gasteiger partial charge in [0.15, 0.2) is 0 Å². The van der Waals surface area contributed by atoms with E-state index >= 15 is 0 Å². The topological polar surface area (TPSA) is 121 Å². The SMILES string of the molecule is CCC(=O)O.CCC(=O)O.O=C(CO)OCc1ccccc1. The first-order valence-electron chi connectivity index (χ1n) is 6.61. The molecule has 124 valence electrons. The molecule has 0 aliphatic heterocycles. The molecule has 1 rings (SSSR count). The van der Waals surface area contributed by atoms with E-state index in [0.717, 1.165) is 5.56 Å². The Balaban J connectivity index is 0. The number of aliphatic hydroxyl groups is 1. The van der Waals surface area contributed by atoms with Crippen molar-refractivity contribution >= 4 is 17.9 Å². The lowest BCUT2D eigenvalue weighted by molar-refractivity contribution is -0.148. The second-order valence-corrected chi connectivity index (χ2v) is 3.80. The van der Waals surface area contributed by atoms with Gasteiger partial charge in [-0.2, -0.15) is 0 Å². The van der Waals surface area contributed by atoms with E-state index in [-0.39, 0.29) is 19.4 Å². The average Bonchev–Trinajstić information content (AvgIpc) is 2.54. The Bertz CT molecular complexity index is 415. The molecule has 0 aliphatic carbocycles. The third-order valence-electron chi connectivity index (χ3n) is 1.98. The Morgan fingerprint density at radius 2 is 1.36 bits per heavy atom. The quantitative estimate of drug-likeness (QED) is 0.707. The Labute approximate surface area is 129 Å². The van der Waals surface area contributed by atoms with Crippen molar-refractivity contribution in [3.8, 4) is 0 Å². The summed E-state index contributed by atoms with van der Waals surface area (Å²) in [7, 11) is 0. The number of esters is 1. The normalized spacial score (nSPS) is 8.50. The van der Waals surface area contributed by atoms with Crippen LogP contribution in [-0.4, -0.2) is 39.8 Å². The fourth-order valence-electron chi connectivity index (χ4n) is 0.784. The van der Waals surface area contributed by atoms with Crippen LogP contribution in [0.3, 0.4) is 0 Å². The van der Waals surface area contributed by atoms with E-state index in [1.165, 1.54) is 0 Å². The predicted molar refractivity (Wildman–Crippen MR) is 79.2 cm³/mol. The molecule has 7 nitrogen and oxygen atoms in total. The molecule has 0 heterocycles. The van der Waals surface area contributed by atoms with Crippen LogP contribution >= 0.6 is 0 Å². The molecule has 0 radical (unpaired) electrons. The molecule has 0 atom stereocenters. The van der Waals surface area contributed by atoms with Crippen LogP contribution in [0.2, 0.25) is 0 Å². The number of carbonyl (C=O) groups is 3. The zero-order chi connectivity index (χ0) is 17.4. The van der Waals surface area contributed by atoms with Crippen molar-refractivity contribution in [3.63, 3.8) is 0 Å². The van der Waals surface area contributed by atoms with Crippen molar-refractivity contribution < 1.29 is 34.4 Å². The average molecular weight is 314 g/mol. The molecule has 0 amide bonds. The maximum absolute atomic E-state index is 10.5. The molecule has 1 aromatic rings. The van der Waals surface area contributed by atoms with Gasteiger partial charge < -0.3 is 20.1 Å². The highest BCUT2D eigenvalue weighted by atomic mass is 16.5. The highest BCUT2D eigenvalue weighted by Crippen LogP contribution is 1.99. The number of carboxylic acid groups (broad SMARTS) is 2. The van der Waals surface area contributed by atoms with Gasteiger partial charge in [-0.3, -0.25) is 9.59 Å². The standard InChI is InChI=1S/C9H10O3.2C3H6O2/c10-6-9(11)12-7-8-4-2-1-3-5-8;2*1-2-3(4)5/h1-5,10H,6-7H2;2*2H2,1H3,(H,4,5). The Hall–Kier alpha value is -2.41. The second kappa shape index (κ2) is 15.0. The lowest BCUT2D eigenvalue weighted by Crippen LogP contribution is -2.08. The number of carboxylic acids is 2. The van der Waals surface area contributed by atoms with Crippen LogP contribution in [0, 0.1) is 0 Å². The minimum absolute atomic E-state index is 0.222. The molecule has 1 aromatic carbocycles. The number of hydrogen-bond donors (Lipinski definition) is 3. The maximum Gasteiger partial charge on any atom is 0.332 e. The van der Waals surface area contributed by atoms with Gasteiger partial charge in [0, 0.05) is 12.8 Å². The van der Waals surface area contributed by atoms with Crippen LogP contribution in [0.25, 0.3) is 0 Å². The van der Waals surface area contributed by atoms with Gasteiger partial charge >= 0.3 is 17.9 Å². The Morgan fingerprint density at radius 3 is 1.68 bits per heavy atom. The summed E-state index contributed by atoms with van der Waals surface area (Å²) >= 11 is 0. The fourth-order valence-corrected chi connectivity index (χ4v) is 0.784. The van der Waals surface area contributed by atoms with Crippen LogP contribution in [0.15, 0.2) is 30.3 Å². The first kappa shape index (κ1) is 21.9. The zero-order valence-corrected chi connectivity index (χ0v) is 12.7. The van der Waals surface area contributed by atoms with E-state index in [2.05, 4.69) is 4.74 Å². The fraction of sp³-hybridized carbons (Fsp3) is 0.400. The second-order valence-electron chi connectivity index (χ2n) is 3.80. The van der Waals surface area contributed by atoms with Crippen LogP contribution in [0.5, 0.6) is 0 Å². The van der Waals surface area contributed by atoms with Crippen LogP contribution in [0.4, 0.5) is 0 Å². The summed E-state index contributed by atoms with van der Waals surface area (Å²) in [6, 6.07) is 9.32. The van der Waals surface area contributed by atoms with Crippen molar-refractivity contribution in [1.29, 1.82) is 0 Å². The molecular weight excluding hydrogens is 292 g/mol. The van der Waals surface area contributed by atoms with Crippen LogP contribution < -0.4 is 0 Å². The zero-order valence-electron chi connectivity index (χ0n) is 12.7. The number of rotatable bonds is 5. The molecule has 0 saturated heterocycles. The summed E-state index contributed by atoms with van der Waals surface area (Å²) in [5.74, 6) is -2.09. The van der Waals surface area contributed by atoms with E-state index in [1.54, 1.807) is 13.8 Å². The van der Waals surface area contributed by atoms with Gasteiger partial charge in [0.25, 0.3) is 0 Å². The van der Waals surface area contributed by atoms with Crippen molar-refractivity contribution in [2.24, 2.45) is 0 Å². The van der Waals surface area contributed by atoms with Crippen LogP contribution in [-0.2, 0) is 25.7 Å². The molecule has 3 N–H and O–H groups in total. The number of aliphatic hydroxyl groups excluding tert-OH is 1. The summed E-state index contributed by atoms with van der Waals surface area (Å²) in [6.07, 6.45) is 0.444. The summed E-state index contributed by atoms with van der Waals surface area (Å²) in [5, 5.41) is 23.8. The number of carbonyl (C=O) groups excluding carboxylic acids is 1.